The Hall–Kier alpha value is -3.19. The monoisotopic (exact) mass is 381 g/mol. The molecular formula is C21H23N3O4. The quantitative estimate of drug-likeness (QED) is 0.498. The van der Waals surface area contributed by atoms with E-state index in [-0.39, 0.29) is 12.5 Å². The smallest absolute Gasteiger partial charge is 0.317 e. The molecule has 0 aliphatic rings. The molecule has 0 saturated heterocycles. The van der Waals surface area contributed by atoms with E-state index in [1.807, 2.05) is 31.2 Å². The van der Waals surface area contributed by atoms with Crippen LogP contribution in [0.15, 0.2) is 58.1 Å². The van der Waals surface area contributed by atoms with E-state index < -0.39 is 11.1 Å². The summed E-state index contributed by atoms with van der Waals surface area (Å²) in [5, 5.41) is 2.76. The minimum atomic E-state index is -0.554. The van der Waals surface area contributed by atoms with Gasteiger partial charge in [0.2, 0.25) is 0 Å². The summed E-state index contributed by atoms with van der Waals surface area (Å²) in [6.07, 6.45) is 0. The topological polar surface area (TPSA) is 82.3 Å². The number of hydrogen-bond acceptors (Lipinski definition) is 4. The molecule has 0 aliphatic heterocycles. The van der Waals surface area contributed by atoms with E-state index in [2.05, 4.69) is 5.32 Å². The number of carbonyl (C=O) groups is 1. The zero-order valence-corrected chi connectivity index (χ0v) is 16.0. The minimum absolute atomic E-state index is 0.184. The van der Waals surface area contributed by atoms with Gasteiger partial charge in [0.05, 0.1) is 24.2 Å². The van der Waals surface area contributed by atoms with E-state index >= 15 is 0 Å². The summed E-state index contributed by atoms with van der Waals surface area (Å²) >= 11 is 0. The Bertz CT molecular complexity index is 1100. The molecular weight excluding hydrogens is 358 g/mol. The molecule has 0 saturated carbocycles. The van der Waals surface area contributed by atoms with Gasteiger partial charge in [-0.3, -0.25) is 19.0 Å². The van der Waals surface area contributed by atoms with Crippen molar-refractivity contribution >= 4 is 16.9 Å². The highest BCUT2D eigenvalue weighted by atomic mass is 16.5. The predicted molar refractivity (Wildman–Crippen MR) is 108 cm³/mol. The molecule has 3 aromatic rings. The first-order chi connectivity index (χ1) is 13.6. The third kappa shape index (κ3) is 3.89. The largest absolute Gasteiger partial charge is 0.383 e. The van der Waals surface area contributed by atoms with Gasteiger partial charge in [0.1, 0.15) is 0 Å². The average Bonchev–Trinajstić information content (AvgIpc) is 2.72. The third-order valence-electron chi connectivity index (χ3n) is 4.60. The molecule has 146 valence electrons. The molecule has 1 heterocycles. The first kappa shape index (κ1) is 19.6. The second kappa shape index (κ2) is 8.67. The Morgan fingerprint density at radius 1 is 0.964 bits per heavy atom. The van der Waals surface area contributed by atoms with Crippen molar-refractivity contribution in [3.63, 3.8) is 0 Å². The first-order valence-electron chi connectivity index (χ1n) is 9.15. The second-order valence-corrected chi connectivity index (χ2v) is 6.38. The number of para-hydroxylation sites is 2. The molecule has 0 spiro atoms. The highest BCUT2D eigenvalue weighted by molar-refractivity contribution is 5.94. The van der Waals surface area contributed by atoms with E-state index in [4.69, 9.17) is 4.74 Å². The number of rotatable bonds is 7. The van der Waals surface area contributed by atoms with Gasteiger partial charge in [-0.05, 0) is 36.8 Å². The molecule has 1 amide bonds. The van der Waals surface area contributed by atoms with Gasteiger partial charge < -0.3 is 14.6 Å². The number of aryl methyl sites for hydroxylation is 1. The number of hydrogen-bond donors (Lipinski definition) is 1. The highest BCUT2D eigenvalue weighted by Gasteiger charge is 2.12. The van der Waals surface area contributed by atoms with Crippen LogP contribution in [-0.4, -0.2) is 35.3 Å². The molecule has 0 radical (unpaired) electrons. The summed E-state index contributed by atoms with van der Waals surface area (Å²) in [7, 11) is 1.57. The van der Waals surface area contributed by atoms with Crippen molar-refractivity contribution in [1.29, 1.82) is 0 Å². The van der Waals surface area contributed by atoms with Gasteiger partial charge in [-0.25, -0.2) is 0 Å². The van der Waals surface area contributed by atoms with Gasteiger partial charge in [0.25, 0.3) is 5.91 Å². The molecule has 2 aromatic carbocycles. The minimum Gasteiger partial charge on any atom is -0.383 e. The average molecular weight is 381 g/mol. The molecule has 1 aromatic heterocycles. The van der Waals surface area contributed by atoms with Crippen molar-refractivity contribution in [2.45, 2.75) is 20.0 Å². The zero-order valence-electron chi connectivity index (χ0n) is 16.0. The van der Waals surface area contributed by atoms with Crippen LogP contribution in [0.4, 0.5) is 0 Å². The molecule has 0 atom stereocenters. The standard InChI is InChI=1S/C21H23N3O4/c1-3-23-17-6-4-5-7-18(17)24(21(27)20(23)26)14-15-8-10-16(11-9-15)19(25)22-12-13-28-2/h4-11H,3,12-14H2,1-2H3,(H,22,25). The van der Waals surface area contributed by atoms with Crippen LogP contribution in [0.2, 0.25) is 0 Å². The van der Waals surface area contributed by atoms with Crippen molar-refractivity contribution in [1.82, 2.24) is 14.5 Å². The van der Waals surface area contributed by atoms with Crippen LogP contribution in [0.25, 0.3) is 11.0 Å². The van der Waals surface area contributed by atoms with Crippen molar-refractivity contribution in [3.8, 4) is 0 Å². The maximum absolute atomic E-state index is 12.6. The molecule has 7 heteroatoms. The fraction of sp³-hybridized carbons (Fsp3) is 0.286. The summed E-state index contributed by atoms with van der Waals surface area (Å²) in [5.41, 5.74) is 1.70. The number of aromatic nitrogens is 2. The Kier molecular flexibility index (Phi) is 6.06. The Balaban J connectivity index is 1.91. The highest BCUT2D eigenvalue weighted by Crippen LogP contribution is 2.13. The molecule has 0 fully saturated rings. The van der Waals surface area contributed by atoms with Crippen molar-refractivity contribution in [3.05, 3.63) is 80.4 Å². The summed E-state index contributed by atoms with van der Waals surface area (Å²) < 4.78 is 7.88. The summed E-state index contributed by atoms with van der Waals surface area (Å²) in [6, 6.07) is 14.4. The summed E-state index contributed by atoms with van der Waals surface area (Å²) in [4.78, 5) is 37.2. The fourth-order valence-corrected chi connectivity index (χ4v) is 3.15. The van der Waals surface area contributed by atoms with Gasteiger partial charge in [0, 0.05) is 25.8 Å². The first-order valence-corrected chi connectivity index (χ1v) is 9.15. The third-order valence-corrected chi connectivity index (χ3v) is 4.60. The number of ether oxygens (including phenoxy) is 1. The SMILES string of the molecule is CCn1c(=O)c(=O)n(Cc2ccc(C(=O)NCCOC)cc2)c2ccccc21. The van der Waals surface area contributed by atoms with Crippen molar-refractivity contribution in [2.75, 3.05) is 20.3 Å². The Morgan fingerprint density at radius 2 is 1.57 bits per heavy atom. The van der Waals surface area contributed by atoms with E-state index in [1.165, 1.54) is 9.13 Å². The van der Waals surface area contributed by atoms with Gasteiger partial charge in [-0.15, -0.1) is 0 Å². The lowest BCUT2D eigenvalue weighted by Crippen LogP contribution is -2.41. The Morgan fingerprint density at radius 3 is 2.18 bits per heavy atom. The summed E-state index contributed by atoms with van der Waals surface area (Å²) in [6.45, 7) is 3.41. The number of carbonyl (C=O) groups excluding carboxylic acids is 1. The number of benzene rings is 2. The van der Waals surface area contributed by atoms with Crippen LogP contribution in [-0.2, 0) is 17.8 Å². The van der Waals surface area contributed by atoms with E-state index in [1.54, 1.807) is 31.4 Å². The zero-order chi connectivity index (χ0) is 20.1. The lowest BCUT2D eigenvalue weighted by molar-refractivity contribution is 0.0937. The summed E-state index contributed by atoms with van der Waals surface area (Å²) in [5.74, 6) is -0.184. The molecule has 0 unspecified atom stereocenters. The van der Waals surface area contributed by atoms with Gasteiger partial charge >= 0.3 is 11.1 Å². The van der Waals surface area contributed by atoms with Crippen LogP contribution in [0, 0.1) is 0 Å². The Labute approximate surface area is 162 Å². The molecule has 28 heavy (non-hydrogen) atoms. The lowest BCUT2D eigenvalue weighted by atomic mass is 10.1. The van der Waals surface area contributed by atoms with E-state index in [0.29, 0.717) is 30.8 Å². The molecule has 0 aliphatic carbocycles. The van der Waals surface area contributed by atoms with Crippen LogP contribution in [0.3, 0.4) is 0 Å². The van der Waals surface area contributed by atoms with Crippen LogP contribution in [0.1, 0.15) is 22.8 Å². The van der Waals surface area contributed by atoms with Gasteiger partial charge in [-0.2, -0.15) is 0 Å². The van der Waals surface area contributed by atoms with Crippen molar-refractivity contribution in [2.24, 2.45) is 0 Å². The maximum atomic E-state index is 12.6. The number of nitrogens with zero attached hydrogens (tertiary/aromatic N) is 2. The molecule has 1 N–H and O–H groups in total. The number of fused-ring (bicyclic) bond motifs is 1. The lowest BCUT2D eigenvalue weighted by Gasteiger charge is -2.14. The normalized spacial score (nSPS) is 10.9. The number of nitrogens with one attached hydrogen (secondary N) is 1. The van der Waals surface area contributed by atoms with Crippen LogP contribution in [0.5, 0.6) is 0 Å². The van der Waals surface area contributed by atoms with Crippen LogP contribution < -0.4 is 16.4 Å². The van der Waals surface area contributed by atoms with Crippen LogP contribution >= 0.6 is 0 Å². The van der Waals surface area contributed by atoms with E-state index in [0.717, 1.165) is 11.1 Å². The molecule has 3 rings (SSSR count). The van der Waals surface area contributed by atoms with E-state index in [9.17, 15) is 14.4 Å². The van der Waals surface area contributed by atoms with Gasteiger partial charge in [-0.1, -0.05) is 24.3 Å². The predicted octanol–water partition coefficient (Wildman–Crippen LogP) is 1.61. The van der Waals surface area contributed by atoms with Crippen molar-refractivity contribution < 1.29 is 9.53 Å². The van der Waals surface area contributed by atoms with Gasteiger partial charge in [0.15, 0.2) is 0 Å². The maximum Gasteiger partial charge on any atom is 0.317 e. The molecule has 0 bridgehead atoms. The second-order valence-electron chi connectivity index (χ2n) is 6.38. The fourth-order valence-electron chi connectivity index (χ4n) is 3.15. The number of amides is 1. The molecule has 7 nitrogen and oxygen atoms in total. The number of methoxy groups -OCH3 is 1.